The Hall–Kier alpha value is -3.40. The van der Waals surface area contributed by atoms with Gasteiger partial charge in [0.2, 0.25) is 5.91 Å². The standard InChI is InChI=1S/C25H25NO3/c1-29-25(28)23(17-19-11-5-2-6-12-19)26-24(27)18-22(20-13-7-3-8-14-20)21-15-9-4-10-16-21/h2-16,22-23H,17-18H2,1H3,(H,26,27). The highest BCUT2D eigenvalue weighted by Crippen LogP contribution is 2.27. The van der Waals surface area contributed by atoms with E-state index in [1.165, 1.54) is 7.11 Å². The summed E-state index contributed by atoms with van der Waals surface area (Å²) in [6.45, 7) is 0. The van der Waals surface area contributed by atoms with Gasteiger partial charge in [-0.25, -0.2) is 4.79 Å². The molecule has 1 unspecified atom stereocenters. The SMILES string of the molecule is COC(=O)C(Cc1ccccc1)NC(=O)CC(c1ccccc1)c1ccccc1. The van der Waals surface area contributed by atoms with Crippen molar-refractivity contribution in [1.29, 1.82) is 0 Å². The first-order valence-electron chi connectivity index (χ1n) is 9.68. The molecule has 3 rings (SSSR count). The molecule has 3 aromatic rings. The lowest BCUT2D eigenvalue weighted by Gasteiger charge is -2.21. The molecule has 0 aliphatic carbocycles. The predicted molar refractivity (Wildman–Crippen MR) is 113 cm³/mol. The van der Waals surface area contributed by atoms with Gasteiger partial charge in [-0.15, -0.1) is 0 Å². The van der Waals surface area contributed by atoms with Crippen LogP contribution >= 0.6 is 0 Å². The lowest BCUT2D eigenvalue weighted by atomic mass is 9.88. The molecule has 0 bridgehead atoms. The van der Waals surface area contributed by atoms with Crippen molar-refractivity contribution >= 4 is 11.9 Å². The van der Waals surface area contributed by atoms with Gasteiger partial charge in [0.25, 0.3) is 0 Å². The number of esters is 1. The van der Waals surface area contributed by atoms with Crippen molar-refractivity contribution in [2.24, 2.45) is 0 Å². The predicted octanol–water partition coefficient (Wildman–Crippen LogP) is 4.11. The molecule has 0 aromatic heterocycles. The Morgan fingerprint density at radius 2 is 1.28 bits per heavy atom. The molecule has 0 heterocycles. The first-order chi connectivity index (χ1) is 14.2. The maximum atomic E-state index is 12.9. The van der Waals surface area contributed by atoms with Crippen LogP contribution in [0.4, 0.5) is 0 Å². The van der Waals surface area contributed by atoms with E-state index in [-0.39, 0.29) is 18.2 Å². The van der Waals surface area contributed by atoms with Gasteiger partial charge in [-0.3, -0.25) is 4.79 Å². The first kappa shape index (κ1) is 20.3. The Labute approximate surface area is 171 Å². The molecule has 0 aliphatic rings. The molecule has 0 saturated heterocycles. The second-order valence-corrected chi connectivity index (χ2v) is 6.91. The molecule has 1 amide bonds. The number of methoxy groups -OCH3 is 1. The van der Waals surface area contributed by atoms with Crippen molar-refractivity contribution in [3.05, 3.63) is 108 Å². The van der Waals surface area contributed by atoms with Crippen LogP contribution in [0.1, 0.15) is 29.0 Å². The van der Waals surface area contributed by atoms with E-state index in [1.54, 1.807) is 0 Å². The molecular formula is C25H25NO3. The van der Waals surface area contributed by atoms with Crippen LogP contribution < -0.4 is 5.32 Å². The van der Waals surface area contributed by atoms with E-state index in [0.29, 0.717) is 6.42 Å². The summed E-state index contributed by atoms with van der Waals surface area (Å²) in [7, 11) is 1.34. The van der Waals surface area contributed by atoms with E-state index in [4.69, 9.17) is 4.74 Å². The molecular weight excluding hydrogens is 362 g/mol. The van der Waals surface area contributed by atoms with Crippen molar-refractivity contribution in [2.75, 3.05) is 7.11 Å². The molecule has 4 nitrogen and oxygen atoms in total. The van der Waals surface area contributed by atoms with Crippen LogP contribution in [0.25, 0.3) is 0 Å². The van der Waals surface area contributed by atoms with Gasteiger partial charge in [-0.05, 0) is 16.7 Å². The van der Waals surface area contributed by atoms with E-state index in [1.807, 2.05) is 91.0 Å². The van der Waals surface area contributed by atoms with Gasteiger partial charge in [0.05, 0.1) is 7.11 Å². The summed E-state index contributed by atoms with van der Waals surface area (Å²) in [4.78, 5) is 25.1. The van der Waals surface area contributed by atoms with Crippen LogP contribution in [-0.2, 0) is 20.7 Å². The fourth-order valence-corrected chi connectivity index (χ4v) is 3.42. The van der Waals surface area contributed by atoms with E-state index < -0.39 is 12.0 Å². The molecule has 0 fully saturated rings. The summed E-state index contributed by atoms with van der Waals surface area (Å²) < 4.78 is 4.91. The van der Waals surface area contributed by atoms with E-state index in [2.05, 4.69) is 5.32 Å². The minimum Gasteiger partial charge on any atom is -0.467 e. The van der Waals surface area contributed by atoms with Crippen LogP contribution in [0.5, 0.6) is 0 Å². The van der Waals surface area contributed by atoms with Gasteiger partial charge in [-0.1, -0.05) is 91.0 Å². The number of carbonyl (C=O) groups is 2. The molecule has 4 heteroatoms. The fourth-order valence-electron chi connectivity index (χ4n) is 3.42. The van der Waals surface area contributed by atoms with Crippen LogP contribution in [0.2, 0.25) is 0 Å². The molecule has 0 radical (unpaired) electrons. The maximum Gasteiger partial charge on any atom is 0.328 e. The topological polar surface area (TPSA) is 55.4 Å². The van der Waals surface area contributed by atoms with Gasteiger partial charge < -0.3 is 10.1 Å². The van der Waals surface area contributed by atoms with Gasteiger partial charge in [0.1, 0.15) is 6.04 Å². The van der Waals surface area contributed by atoms with Gasteiger partial charge in [0, 0.05) is 18.8 Å². The number of rotatable bonds is 8. The molecule has 0 spiro atoms. The van der Waals surface area contributed by atoms with Gasteiger partial charge >= 0.3 is 5.97 Å². The summed E-state index contributed by atoms with van der Waals surface area (Å²) in [5, 5.41) is 2.87. The molecule has 1 atom stereocenters. The minimum absolute atomic E-state index is 0.0903. The minimum atomic E-state index is -0.720. The Morgan fingerprint density at radius 1 is 0.793 bits per heavy atom. The average molecular weight is 387 g/mol. The van der Waals surface area contributed by atoms with Gasteiger partial charge in [0.15, 0.2) is 0 Å². The molecule has 0 saturated carbocycles. The van der Waals surface area contributed by atoms with E-state index in [0.717, 1.165) is 16.7 Å². The van der Waals surface area contributed by atoms with E-state index >= 15 is 0 Å². The molecule has 29 heavy (non-hydrogen) atoms. The fraction of sp³-hybridized carbons (Fsp3) is 0.200. The number of benzene rings is 3. The summed E-state index contributed by atoms with van der Waals surface area (Å²) in [6.07, 6.45) is 0.636. The first-order valence-corrected chi connectivity index (χ1v) is 9.68. The lowest BCUT2D eigenvalue weighted by molar-refractivity contribution is -0.145. The highest BCUT2D eigenvalue weighted by molar-refractivity contribution is 5.85. The number of ether oxygens (including phenoxy) is 1. The second-order valence-electron chi connectivity index (χ2n) is 6.91. The van der Waals surface area contributed by atoms with Crippen LogP contribution in [-0.4, -0.2) is 25.0 Å². The van der Waals surface area contributed by atoms with Crippen molar-refractivity contribution < 1.29 is 14.3 Å². The van der Waals surface area contributed by atoms with Crippen molar-refractivity contribution in [1.82, 2.24) is 5.32 Å². The molecule has 1 N–H and O–H groups in total. The average Bonchev–Trinajstić information content (AvgIpc) is 2.78. The van der Waals surface area contributed by atoms with Crippen LogP contribution in [0.15, 0.2) is 91.0 Å². The maximum absolute atomic E-state index is 12.9. The van der Waals surface area contributed by atoms with E-state index in [9.17, 15) is 9.59 Å². The third-order valence-electron chi connectivity index (χ3n) is 4.90. The Kier molecular flexibility index (Phi) is 7.17. The Morgan fingerprint density at radius 3 is 1.76 bits per heavy atom. The van der Waals surface area contributed by atoms with Crippen LogP contribution in [0, 0.1) is 0 Å². The van der Waals surface area contributed by atoms with Crippen LogP contribution in [0.3, 0.4) is 0 Å². The smallest absolute Gasteiger partial charge is 0.328 e. The largest absolute Gasteiger partial charge is 0.467 e. The third kappa shape index (κ3) is 5.79. The Bertz CT molecular complexity index is 871. The summed E-state index contributed by atoms with van der Waals surface area (Å²) in [5.41, 5.74) is 3.09. The second kappa shape index (κ2) is 10.2. The van der Waals surface area contributed by atoms with Gasteiger partial charge in [-0.2, -0.15) is 0 Å². The lowest BCUT2D eigenvalue weighted by Crippen LogP contribution is -2.43. The number of amides is 1. The monoisotopic (exact) mass is 387 g/mol. The third-order valence-corrected chi connectivity index (χ3v) is 4.90. The zero-order valence-corrected chi connectivity index (χ0v) is 16.5. The van der Waals surface area contributed by atoms with Crippen molar-refractivity contribution in [3.63, 3.8) is 0 Å². The zero-order valence-electron chi connectivity index (χ0n) is 16.5. The highest BCUT2D eigenvalue weighted by atomic mass is 16.5. The number of carbonyl (C=O) groups excluding carboxylic acids is 2. The Balaban J connectivity index is 1.76. The number of nitrogens with one attached hydrogen (secondary N) is 1. The summed E-state index contributed by atoms with van der Waals surface area (Å²) in [5.74, 6) is -0.723. The molecule has 3 aromatic carbocycles. The number of hydrogen-bond acceptors (Lipinski definition) is 3. The zero-order chi connectivity index (χ0) is 20.5. The molecule has 0 aliphatic heterocycles. The summed E-state index contributed by atoms with van der Waals surface area (Å²) in [6, 6.07) is 28.7. The molecule has 148 valence electrons. The quantitative estimate of drug-likeness (QED) is 0.592. The van der Waals surface area contributed by atoms with Crippen molar-refractivity contribution in [3.8, 4) is 0 Å². The highest BCUT2D eigenvalue weighted by Gasteiger charge is 2.24. The summed E-state index contributed by atoms with van der Waals surface area (Å²) >= 11 is 0. The normalized spacial score (nSPS) is 11.7. The van der Waals surface area contributed by atoms with Crippen molar-refractivity contribution in [2.45, 2.75) is 24.8 Å². The number of hydrogen-bond donors (Lipinski definition) is 1.